The van der Waals surface area contributed by atoms with Crippen LogP contribution in [0.4, 0.5) is 0 Å². The van der Waals surface area contributed by atoms with Gasteiger partial charge < -0.3 is 50.4 Å². The minimum atomic E-state index is -1.34. The summed E-state index contributed by atoms with van der Waals surface area (Å²) in [6.07, 6.45) is 7.20. The minimum absolute atomic E-state index is 0.0802. The Hall–Kier alpha value is -5.69. The molecule has 0 fully saturated rings. The fourth-order valence-corrected chi connectivity index (χ4v) is 3.55. The molecule has 0 aromatic carbocycles. The third-order valence-corrected chi connectivity index (χ3v) is 6.90. The van der Waals surface area contributed by atoms with Crippen molar-refractivity contribution in [1.82, 2.24) is 4.90 Å². The summed E-state index contributed by atoms with van der Waals surface area (Å²) in [6, 6.07) is 0. The molecule has 0 unspecified atom stereocenters. The highest BCUT2D eigenvalue weighted by molar-refractivity contribution is 5.83. The van der Waals surface area contributed by atoms with Crippen LogP contribution in [-0.2, 0) is 66.7 Å². The molecule has 18 nitrogen and oxygen atoms in total. The van der Waals surface area contributed by atoms with Gasteiger partial charge in [0.2, 0.25) is 0 Å². The lowest BCUT2D eigenvalue weighted by Gasteiger charge is -2.31. The molecule has 0 saturated heterocycles. The number of nitrogens with two attached hydrogens (primary N) is 3. The smallest absolute Gasteiger partial charge is 0.330 e. The normalized spacial score (nSPS) is 10.2. The van der Waals surface area contributed by atoms with Crippen LogP contribution >= 0.6 is 0 Å². The molecule has 0 aliphatic carbocycles. The average molecular weight is 795 g/mol. The lowest BCUT2D eigenvalue weighted by Crippen LogP contribution is -2.43. The van der Waals surface area contributed by atoms with Gasteiger partial charge in [-0.3, -0.25) is 4.90 Å². The largest absolute Gasteiger partial charge is 0.462 e. The first-order chi connectivity index (χ1) is 26.6. The van der Waals surface area contributed by atoms with E-state index < -0.39 is 52.6 Å². The van der Waals surface area contributed by atoms with Gasteiger partial charge in [-0.15, -0.1) is 0 Å². The highest BCUT2D eigenvalue weighted by Crippen LogP contribution is 2.25. The fourth-order valence-electron chi connectivity index (χ4n) is 3.55. The van der Waals surface area contributed by atoms with Crippen LogP contribution in [0.15, 0.2) is 88.6 Å². The Bertz CT molecular complexity index is 1160. The Morgan fingerprint density at radius 2 is 0.589 bits per heavy atom. The topological polar surface area (TPSA) is 265 Å². The summed E-state index contributed by atoms with van der Waals surface area (Å²) in [6.45, 7) is 27.7. The molecule has 0 rings (SSSR count). The molecule has 0 aliphatic heterocycles. The van der Waals surface area contributed by atoms with Gasteiger partial charge in [-0.1, -0.05) is 53.0 Å². The third-order valence-electron chi connectivity index (χ3n) is 6.90. The molecular weight excluding hydrogens is 736 g/mol. The molecular formula is C38H58N4O14. The molecule has 314 valence electrons. The van der Waals surface area contributed by atoms with Gasteiger partial charge in [-0.2, -0.15) is 0 Å². The SMILES string of the molecule is C=CC(=O)OCC(CC)(COC(=O)C=C)COC(=O)C=C.C=CC(=O)OCC(COC(=O)C=C)(COC(=O)C=C)COC(=O)C=C.NCCN(CCN)CCN. The molecule has 0 heterocycles. The number of hydrogen-bond acceptors (Lipinski definition) is 18. The monoisotopic (exact) mass is 794 g/mol. The second-order valence-corrected chi connectivity index (χ2v) is 11.2. The van der Waals surface area contributed by atoms with Gasteiger partial charge in [0.15, 0.2) is 0 Å². The van der Waals surface area contributed by atoms with E-state index in [2.05, 4.69) is 51.0 Å². The summed E-state index contributed by atoms with van der Waals surface area (Å²) >= 11 is 0. The van der Waals surface area contributed by atoms with E-state index in [4.69, 9.17) is 50.4 Å². The van der Waals surface area contributed by atoms with Crippen molar-refractivity contribution >= 4 is 41.8 Å². The van der Waals surface area contributed by atoms with Crippen molar-refractivity contribution in [2.75, 3.05) is 85.5 Å². The van der Waals surface area contributed by atoms with Crippen LogP contribution in [0.2, 0.25) is 0 Å². The average Bonchev–Trinajstić information content (AvgIpc) is 3.22. The van der Waals surface area contributed by atoms with Crippen LogP contribution in [0.5, 0.6) is 0 Å². The van der Waals surface area contributed by atoms with Gasteiger partial charge in [0.25, 0.3) is 0 Å². The number of carbonyl (C=O) groups excluding carboxylic acids is 7. The lowest BCUT2D eigenvalue weighted by atomic mass is 9.88. The number of nitrogens with zero attached hydrogens (tertiary/aromatic N) is 1. The molecule has 0 saturated carbocycles. The molecule has 0 amide bonds. The number of esters is 7. The Labute approximate surface area is 328 Å². The van der Waals surface area contributed by atoms with Gasteiger partial charge in [-0.25, -0.2) is 33.6 Å². The molecule has 0 atom stereocenters. The summed E-state index contributed by atoms with van der Waals surface area (Å²) in [4.78, 5) is 81.0. The van der Waals surface area contributed by atoms with Crippen molar-refractivity contribution in [2.24, 2.45) is 28.0 Å². The molecule has 18 heteroatoms. The van der Waals surface area contributed by atoms with E-state index in [1.54, 1.807) is 6.92 Å². The number of hydrogen-bond donors (Lipinski definition) is 3. The molecule has 0 aromatic heterocycles. The second-order valence-electron chi connectivity index (χ2n) is 11.2. The molecule has 0 spiro atoms. The Balaban J connectivity index is -0.000000817. The van der Waals surface area contributed by atoms with Crippen molar-refractivity contribution in [3.05, 3.63) is 88.6 Å². The zero-order valence-corrected chi connectivity index (χ0v) is 32.3. The van der Waals surface area contributed by atoms with Crippen LogP contribution in [0, 0.1) is 10.8 Å². The van der Waals surface area contributed by atoms with Crippen LogP contribution in [-0.4, -0.2) is 132 Å². The summed E-state index contributed by atoms with van der Waals surface area (Å²) < 4.78 is 34.7. The van der Waals surface area contributed by atoms with E-state index in [9.17, 15) is 33.6 Å². The molecule has 6 N–H and O–H groups in total. The van der Waals surface area contributed by atoms with Crippen LogP contribution in [0.3, 0.4) is 0 Å². The second kappa shape index (κ2) is 33.8. The summed E-state index contributed by atoms with van der Waals surface area (Å²) in [5, 5.41) is 0. The zero-order chi connectivity index (χ0) is 43.4. The van der Waals surface area contributed by atoms with Crippen molar-refractivity contribution < 1.29 is 66.7 Å². The van der Waals surface area contributed by atoms with E-state index in [0.717, 1.165) is 62.2 Å². The number of ether oxygens (including phenoxy) is 7. The van der Waals surface area contributed by atoms with Gasteiger partial charge in [-0.05, 0) is 6.42 Å². The maximum Gasteiger partial charge on any atom is 0.330 e. The van der Waals surface area contributed by atoms with Gasteiger partial charge >= 0.3 is 41.8 Å². The maximum absolute atomic E-state index is 11.3. The van der Waals surface area contributed by atoms with Crippen molar-refractivity contribution in [3.8, 4) is 0 Å². The fraction of sp³-hybridized carbons (Fsp3) is 0.447. The minimum Gasteiger partial charge on any atom is -0.462 e. The van der Waals surface area contributed by atoms with Crippen molar-refractivity contribution in [2.45, 2.75) is 13.3 Å². The predicted molar refractivity (Wildman–Crippen MR) is 207 cm³/mol. The standard InChI is InChI=1S/C17H20O8.C15H20O6.C6H18N4/c1-5-13(18)22-9-17(10-23-14(19)6-2,11-24-15(20)7-3)12-25-16(21)8-4;1-5-12(16)19-9-15(8-4,10-20-13(17)6-2)11-21-14(18)7-3;7-1-4-10(5-2-8)6-3-9/h5-8H,1-4,9-12H2;5-7H,1-3,8-11H2,4H3;1-9H2. The van der Waals surface area contributed by atoms with E-state index in [1.165, 1.54) is 0 Å². The van der Waals surface area contributed by atoms with Gasteiger partial charge in [0.1, 0.15) is 51.7 Å². The highest BCUT2D eigenvalue weighted by atomic mass is 16.6. The molecule has 0 aromatic rings. The van der Waals surface area contributed by atoms with Crippen LogP contribution in [0.25, 0.3) is 0 Å². The predicted octanol–water partition coefficient (Wildman–Crippen LogP) is 0.625. The maximum atomic E-state index is 11.3. The van der Waals surface area contributed by atoms with Gasteiger partial charge in [0, 0.05) is 81.8 Å². The van der Waals surface area contributed by atoms with E-state index in [0.29, 0.717) is 26.1 Å². The highest BCUT2D eigenvalue weighted by Gasteiger charge is 2.37. The van der Waals surface area contributed by atoms with E-state index in [-0.39, 0.29) is 46.2 Å². The van der Waals surface area contributed by atoms with E-state index >= 15 is 0 Å². The first-order valence-corrected chi connectivity index (χ1v) is 17.0. The number of rotatable bonds is 28. The Morgan fingerprint density at radius 1 is 0.411 bits per heavy atom. The molecule has 0 radical (unpaired) electrons. The quantitative estimate of drug-likeness (QED) is 0.0557. The third kappa shape index (κ3) is 27.9. The lowest BCUT2D eigenvalue weighted by molar-refractivity contribution is -0.165. The van der Waals surface area contributed by atoms with Crippen molar-refractivity contribution in [1.29, 1.82) is 0 Å². The van der Waals surface area contributed by atoms with E-state index in [1.807, 2.05) is 0 Å². The van der Waals surface area contributed by atoms with Gasteiger partial charge in [0.05, 0.1) is 5.41 Å². The van der Waals surface area contributed by atoms with Crippen LogP contribution < -0.4 is 17.2 Å². The Morgan fingerprint density at radius 3 is 0.732 bits per heavy atom. The summed E-state index contributed by atoms with van der Waals surface area (Å²) in [5.41, 5.74) is 13.9. The first-order valence-electron chi connectivity index (χ1n) is 17.0. The summed E-state index contributed by atoms with van der Waals surface area (Å²) in [7, 11) is 0. The summed E-state index contributed by atoms with van der Waals surface area (Å²) in [5.74, 6) is -4.88. The molecule has 56 heavy (non-hydrogen) atoms. The Kier molecular flexibility index (Phi) is 33.0. The number of carbonyl (C=O) groups is 7. The molecule has 0 aliphatic rings. The van der Waals surface area contributed by atoms with Crippen molar-refractivity contribution in [3.63, 3.8) is 0 Å². The van der Waals surface area contributed by atoms with Crippen LogP contribution in [0.1, 0.15) is 13.3 Å². The zero-order valence-electron chi connectivity index (χ0n) is 32.3. The first kappa shape index (κ1) is 54.7. The molecule has 0 bridgehead atoms.